The van der Waals surface area contributed by atoms with Gasteiger partial charge in [-0.3, -0.25) is 14.6 Å². The number of thiophene rings is 1. The van der Waals surface area contributed by atoms with Crippen LogP contribution in [0.1, 0.15) is 50.3 Å². The largest absolute Gasteiger partial charge is 0.344 e. The Morgan fingerprint density at radius 2 is 1.78 bits per heavy atom. The van der Waals surface area contributed by atoms with E-state index >= 15 is 0 Å². The molecule has 2 aromatic heterocycles. The van der Waals surface area contributed by atoms with Crippen LogP contribution in [-0.2, 0) is 4.79 Å². The van der Waals surface area contributed by atoms with Gasteiger partial charge in [0.25, 0.3) is 0 Å². The highest BCUT2D eigenvalue weighted by molar-refractivity contribution is 7.12. The number of carbonyl (C=O) groups is 2. The van der Waals surface area contributed by atoms with Gasteiger partial charge < -0.3 is 5.32 Å². The molecule has 5 heteroatoms. The summed E-state index contributed by atoms with van der Waals surface area (Å²) in [5, 5.41) is 3.03. The van der Waals surface area contributed by atoms with Crippen molar-refractivity contribution < 1.29 is 9.59 Å². The van der Waals surface area contributed by atoms with Gasteiger partial charge in [0.15, 0.2) is 5.78 Å². The topological polar surface area (TPSA) is 59.1 Å². The summed E-state index contributed by atoms with van der Waals surface area (Å²) in [6.45, 7) is 3.93. The number of benzene rings is 1. The normalized spacial score (nSPS) is 11.8. The lowest BCUT2D eigenvalue weighted by Crippen LogP contribution is -2.30. The maximum atomic E-state index is 12.5. The second-order valence-corrected chi connectivity index (χ2v) is 7.88. The molecule has 4 nitrogen and oxygen atoms in total. The van der Waals surface area contributed by atoms with Crippen LogP contribution in [0.5, 0.6) is 0 Å². The number of pyridine rings is 1. The Balaban J connectivity index is 1.68. The molecule has 0 radical (unpaired) electrons. The van der Waals surface area contributed by atoms with E-state index in [2.05, 4.69) is 10.3 Å². The van der Waals surface area contributed by atoms with Crippen molar-refractivity contribution in [2.24, 2.45) is 0 Å². The minimum Gasteiger partial charge on any atom is -0.344 e. The zero-order valence-corrected chi connectivity index (χ0v) is 16.3. The first-order valence-corrected chi connectivity index (χ1v) is 9.71. The average molecular weight is 378 g/mol. The van der Waals surface area contributed by atoms with Crippen molar-refractivity contribution >= 4 is 23.0 Å². The predicted octanol–water partition coefficient (Wildman–Crippen LogP) is 4.63. The van der Waals surface area contributed by atoms with Crippen LogP contribution in [0.4, 0.5) is 0 Å². The summed E-state index contributed by atoms with van der Waals surface area (Å²) in [6, 6.07) is 16.9. The number of nitrogens with zero attached hydrogens (tertiary/aromatic N) is 1. The Bertz CT molecular complexity index is 881. The number of amides is 1. The van der Waals surface area contributed by atoms with Crippen molar-refractivity contribution in [3.63, 3.8) is 0 Å². The predicted molar refractivity (Wildman–Crippen MR) is 108 cm³/mol. The first-order chi connectivity index (χ1) is 13.0. The summed E-state index contributed by atoms with van der Waals surface area (Å²) in [5.41, 5.74) is 2.46. The van der Waals surface area contributed by atoms with Gasteiger partial charge in [-0.25, -0.2) is 0 Å². The van der Waals surface area contributed by atoms with Crippen molar-refractivity contribution in [3.8, 4) is 0 Å². The number of nitrogens with one attached hydrogen (secondary N) is 1. The van der Waals surface area contributed by atoms with Crippen LogP contribution < -0.4 is 5.32 Å². The number of aryl methyl sites for hydroxylation is 2. The fraction of sp³-hybridized carbons (Fsp3) is 0.227. The second-order valence-electron chi connectivity index (χ2n) is 6.42. The summed E-state index contributed by atoms with van der Waals surface area (Å²) in [7, 11) is 0. The number of ketones is 1. The quantitative estimate of drug-likeness (QED) is 0.610. The zero-order chi connectivity index (χ0) is 19.2. The second kappa shape index (κ2) is 8.73. The van der Waals surface area contributed by atoms with E-state index in [1.54, 1.807) is 17.5 Å². The number of carbonyl (C=O) groups excluding carboxylic acids is 2. The molecule has 0 spiro atoms. The van der Waals surface area contributed by atoms with Gasteiger partial charge in [0.05, 0.1) is 11.7 Å². The number of aromatic nitrogens is 1. The van der Waals surface area contributed by atoms with Crippen LogP contribution in [0.2, 0.25) is 0 Å². The SMILES string of the molecule is Cc1cc(C(=O)CCC(=O)NC(c2ccccc2)c2ccccn2)c(C)s1. The molecular formula is C22H22N2O2S. The zero-order valence-electron chi connectivity index (χ0n) is 15.4. The standard InChI is InChI=1S/C22H22N2O2S/c1-15-14-18(16(2)27-15)20(25)11-12-21(26)24-22(17-8-4-3-5-9-17)19-10-6-7-13-23-19/h3-10,13-14,22H,11-12H2,1-2H3,(H,24,26). The molecule has 27 heavy (non-hydrogen) atoms. The summed E-state index contributed by atoms with van der Waals surface area (Å²) < 4.78 is 0. The van der Waals surface area contributed by atoms with E-state index in [4.69, 9.17) is 0 Å². The molecule has 1 N–H and O–H groups in total. The van der Waals surface area contributed by atoms with Crippen LogP contribution in [-0.4, -0.2) is 16.7 Å². The lowest BCUT2D eigenvalue weighted by atomic mass is 10.0. The molecule has 2 heterocycles. The van der Waals surface area contributed by atoms with E-state index in [0.29, 0.717) is 0 Å². The Kier molecular flexibility index (Phi) is 6.14. The van der Waals surface area contributed by atoms with Crippen molar-refractivity contribution in [1.82, 2.24) is 10.3 Å². The lowest BCUT2D eigenvalue weighted by molar-refractivity contribution is -0.121. The third-order valence-electron chi connectivity index (χ3n) is 4.34. The van der Waals surface area contributed by atoms with E-state index in [0.717, 1.165) is 26.6 Å². The van der Waals surface area contributed by atoms with Crippen LogP contribution in [0.25, 0.3) is 0 Å². The maximum absolute atomic E-state index is 12.5. The van der Waals surface area contributed by atoms with Gasteiger partial charge >= 0.3 is 0 Å². The average Bonchev–Trinajstić information content (AvgIpc) is 3.03. The molecule has 0 aliphatic heterocycles. The van der Waals surface area contributed by atoms with Gasteiger partial charge in [-0.1, -0.05) is 36.4 Å². The molecule has 0 aliphatic rings. The highest BCUT2D eigenvalue weighted by Gasteiger charge is 2.19. The lowest BCUT2D eigenvalue weighted by Gasteiger charge is -2.18. The van der Waals surface area contributed by atoms with Gasteiger partial charge in [-0.2, -0.15) is 0 Å². The molecule has 0 saturated heterocycles. The molecule has 0 saturated carbocycles. The van der Waals surface area contributed by atoms with Crippen LogP contribution in [0, 0.1) is 13.8 Å². The minimum atomic E-state index is -0.333. The molecule has 3 rings (SSSR count). The van der Waals surface area contributed by atoms with Gasteiger partial charge in [0.1, 0.15) is 0 Å². The summed E-state index contributed by atoms with van der Waals surface area (Å²) in [4.78, 5) is 31.5. The molecule has 1 unspecified atom stereocenters. The third-order valence-corrected chi connectivity index (χ3v) is 5.31. The summed E-state index contributed by atoms with van der Waals surface area (Å²) in [6.07, 6.45) is 2.07. The number of hydrogen-bond acceptors (Lipinski definition) is 4. The smallest absolute Gasteiger partial charge is 0.221 e. The number of rotatable bonds is 7. The number of Topliss-reactive ketones (excluding diaryl/α,β-unsaturated/α-hetero) is 1. The molecule has 1 amide bonds. The Morgan fingerprint density at radius 1 is 1.04 bits per heavy atom. The highest BCUT2D eigenvalue weighted by atomic mass is 32.1. The molecule has 1 aromatic carbocycles. The van der Waals surface area contributed by atoms with Crippen LogP contribution in [0.15, 0.2) is 60.8 Å². The van der Waals surface area contributed by atoms with E-state index in [1.165, 1.54) is 0 Å². The van der Waals surface area contributed by atoms with Crippen LogP contribution in [0.3, 0.4) is 0 Å². The van der Waals surface area contributed by atoms with Crippen LogP contribution >= 0.6 is 11.3 Å². The Hall–Kier alpha value is -2.79. The summed E-state index contributed by atoms with van der Waals surface area (Å²) in [5.74, 6) is -0.145. The fourth-order valence-corrected chi connectivity index (χ4v) is 3.97. The van der Waals surface area contributed by atoms with E-state index in [9.17, 15) is 9.59 Å². The molecular weight excluding hydrogens is 356 g/mol. The highest BCUT2D eigenvalue weighted by Crippen LogP contribution is 2.23. The fourth-order valence-electron chi connectivity index (χ4n) is 3.02. The number of hydrogen-bond donors (Lipinski definition) is 1. The van der Waals surface area contributed by atoms with Gasteiger partial charge in [-0.15, -0.1) is 11.3 Å². The van der Waals surface area contributed by atoms with Gasteiger partial charge in [-0.05, 0) is 37.6 Å². The van der Waals surface area contributed by atoms with E-state index in [1.807, 2.05) is 68.4 Å². The molecule has 0 fully saturated rings. The molecule has 0 aliphatic carbocycles. The molecule has 138 valence electrons. The maximum Gasteiger partial charge on any atom is 0.221 e. The first kappa shape index (κ1) is 19.0. The monoisotopic (exact) mass is 378 g/mol. The third kappa shape index (κ3) is 4.89. The molecule has 0 bridgehead atoms. The van der Waals surface area contributed by atoms with Crippen molar-refractivity contribution in [3.05, 3.63) is 87.4 Å². The summed E-state index contributed by atoms with van der Waals surface area (Å²) >= 11 is 1.61. The van der Waals surface area contributed by atoms with Gasteiger partial charge in [0, 0.05) is 34.4 Å². The first-order valence-electron chi connectivity index (χ1n) is 8.90. The Labute approximate surface area is 163 Å². The molecule has 1 atom stereocenters. The van der Waals surface area contributed by atoms with Crippen molar-refractivity contribution in [1.29, 1.82) is 0 Å². The van der Waals surface area contributed by atoms with E-state index < -0.39 is 0 Å². The van der Waals surface area contributed by atoms with Crippen molar-refractivity contribution in [2.45, 2.75) is 32.7 Å². The molecule has 3 aromatic rings. The van der Waals surface area contributed by atoms with Gasteiger partial charge in [0.2, 0.25) is 5.91 Å². The Morgan fingerprint density at radius 3 is 2.41 bits per heavy atom. The van der Waals surface area contributed by atoms with Crippen molar-refractivity contribution in [2.75, 3.05) is 0 Å². The minimum absolute atomic E-state index is 0.0149. The van der Waals surface area contributed by atoms with E-state index in [-0.39, 0.29) is 30.6 Å².